The monoisotopic (exact) mass is 572 g/mol. The highest BCUT2D eigenvalue weighted by atomic mass is 32.2. The minimum absolute atomic E-state index is 0.0735. The summed E-state index contributed by atoms with van der Waals surface area (Å²) in [5.41, 5.74) is 0.305. The third kappa shape index (κ3) is 6.87. The van der Waals surface area contributed by atoms with Crippen LogP contribution in [0.4, 0.5) is 10.5 Å². The van der Waals surface area contributed by atoms with Gasteiger partial charge in [0.1, 0.15) is 6.10 Å². The highest BCUT2D eigenvalue weighted by Gasteiger charge is 2.35. The van der Waals surface area contributed by atoms with Crippen LogP contribution >= 0.6 is 0 Å². The van der Waals surface area contributed by atoms with Crippen LogP contribution in [0.5, 0.6) is 5.75 Å². The van der Waals surface area contributed by atoms with Crippen molar-refractivity contribution in [2.75, 3.05) is 31.5 Å². The molecule has 10 nitrogen and oxygen atoms in total. The fourth-order valence-corrected chi connectivity index (χ4v) is 6.31. The number of hydrogen-bond donors (Lipinski definition) is 3. The van der Waals surface area contributed by atoms with Crippen LogP contribution in [0.3, 0.4) is 0 Å². The SMILES string of the molecule is C[C@H]1CN([C@@H](C)CO)C(=O)c2cccc(NS(=O)(=O)c3ccccc3)c2O[C@@H]1CN(C)C(=O)NC1CCCCC1. The summed E-state index contributed by atoms with van der Waals surface area (Å²) < 4.78 is 35.4. The maximum atomic E-state index is 13.7. The number of urea groups is 1. The second-order valence-corrected chi connectivity index (χ2v) is 12.6. The van der Waals surface area contributed by atoms with E-state index in [-0.39, 0.29) is 58.9 Å². The van der Waals surface area contributed by atoms with Gasteiger partial charge in [-0.1, -0.05) is 50.5 Å². The molecule has 1 saturated carbocycles. The standard InChI is InChI=1S/C29H40N4O6S/c1-20-17-33(21(2)19-34)28(35)24-15-10-16-25(31-40(37,38)23-13-8-5-9-14-23)27(24)39-26(20)18-32(3)29(36)30-22-11-6-4-7-12-22/h5,8-10,13-16,20-22,26,31,34H,4,6-7,11-12,17-19H2,1-3H3,(H,30,36)/t20-,21-,26+/m0/s1. The molecule has 3 atom stereocenters. The van der Waals surface area contributed by atoms with Crippen molar-refractivity contribution in [1.82, 2.24) is 15.1 Å². The zero-order chi connectivity index (χ0) is 28.9. The minimum Gasteiger partial charge on any atom is -0.485 e. The third-order valence-corrected chi connectivity index (χ3v) is 9.10. The molecule has 40 heavy (non-hydrogen) atoms. The van der Waals surface area contributed by atoms with Crippen molar-refractivity contribution in [2.24, 2.45) is 5.92 Å². The van der Waals surface area contributed by atoms with Gasteiger partial charge in [-0.05, 0) is 44.0 Å². The van der Waals surface area contributed by atoms with Gasteiger partial charge in [0.2, 0.25) is 0 Å². The molecule has 0 radical (unpaired) electrons. The summed E-state index contributed by atoms with van der Waals surface area (Å²) >= 11 is 0. The number of carbonyl (C=O) groups is 2. The van der Waals surface area contributed by atoms with Gasteiger partial charge in [-0.3, -0.25) is 9.52 Å². The fraction of sp³-hybridized carbons (Fsp3) is 0.517. The van der Waals surface area contributed by atoms with Crippen molar-refractivity contribution >= 4 is 27.6 Å². The number of para-hydroxylation sites is 1. The number of benzene rings is 2. The lowest BCUT2D eigenvalue weighted by Gasteiger charge is -2.38. The van der Waals surface area contributed by atoms with Crippen molar-refractivity contribution in [3.63, 3.8) is 0 Å². The summed E-state index contributed by atoms with van der Waals surface area (Å²) in [7, 11) is -2.27. The number of nitrogens with one attached hydrogen (secondary N) is 2. The van der Waals surface area contributed by atoms with Gasteiger partial charge in [-0.2, -0.15) is 0 Å². The predicted octanol–water partition coefficient (Wildman–Crippen LogP) is 3.68. The smallest absolute Gasteiger partial charge is 0.317 e. The van der Waals surface area contributed by atoms with Crippen LogP contribution in [0.2, 0.25) is 0 Å². The summed E-state index contributed by atoms with van der Waals surface area (Å²) in [5.74, 6) is -0.513. The molecule has 0 saturated heterocycles. The summed E-state index contributed by atoms with van der Waals surface area (Å²) in [4.78, 5) is 29.9. The Morgan fingerprint density at radius 1 is 1.12 bits per heavy atom. The van der Waals surface area contributed by atoms with Gasteiger partial charge in [0.15, 0.2) is 5.75 Å². The van der Waals surface area contributed by atoms with Gasteiger partial charge in [-0.25, -0.2) is 13.2 Å². The van der Waals surface area contributed by atoms with Crippen LogP contribution in [0.1, 0.15) is 56.3 Å². The molecule has 11 heteroatoms. The number of amides is 3. The first-order chi connectivity index (χ1) is 19.1. The Balaban J connectivity index is 1.66. The number of aliphatic hydroxyl groups excluding tert-OH is 1. The van der Waals surface area contributed by atoms with Crippen molar-refractivity contribution in [3.05, 3.63) is 54.1 Å². The second kappa shape index (κ2) is 12.9. The van der Waals surface area contributed by atoms with Gasteiger partial charge in [0, 0.05) is 25.6 Å². The van der Waals surface area contributed by atoms with Crippen LogP contribution in [0, 0.1) is 5.92 Å². The molecule has 0 bridgehead atoms. The van der Waals surface area contributed by atoms with Crippen LogP contribution in [-0.4, -0.2) is 80.2 Å². The van der Waals surface area contributed by atoms with Gasteiger partial charge < -0.3 is 25.0 Å². The molecular weight excluding hydrogens is 532 g/mol. The number of likely N-dealkylation sites (N-methyl/N-ethyl adjacent to an activating group) is 1. The molecule has 1 aliphatic heterocycles. The molecule has 218 valence electrons. The molecule has 1 aliphatic carbocycles. The molecule has 4 rings (SSSR count). The lowest BCUT2D eigenvalue weighted by atomic mass is 9.96. The first-order valence-electron chi connectivity index (χ1n) is 13.9. The van der Waals surface area contributed by atoms with Gasteiger partial charge in [0.05, 0.1) is 35.3 Å². The number of fused-ring (bicyclic) bond motifs is 1. The van der Waals surface area contributed by atoms with E-state index < -0.39 is 22.2 Å². The molecule has 2 aromatic carbocycles. The number of hydrogen-bond acceptors (Lipinski definition) is 6. The van der Waals surface area contributed by atoms with E-state index in [0.29, 0.717) is 6.54 Å². The van der Waals surface area contributed by atoms with E-state index in [1.54, 1.807) is 60.2 Å². The first-order valence-corrected chi connectivity index (χ1v) is 15.4. The first kappa shape index (κ1) is 29.7. The molecule has 3 N–H and O–H groups in total. The lowest BCUT2D eigenvalue weighted by molar-refractivity contribution is 0.0368. The van der Waals surface area contributed by atoms with Crippen LogP contribution in [-0.2, 0) is 10.0 Å². The number of carbonyl (C=O) groups excluding carboxylic acids is 2. The number of nitrogens with zero attached hydrogens (tertiary/aromatic N) is 2. The molecule has 0 unspecified atom stereocenters. The van der Waals surface area contributed by atoms with Crippen molar-refractivity contribution in [3.8, 4) is 5.75 Å². The molecular formula is C29H40N4O6S. The normalized spacial score (nSPS) is 20.9. The van der Waals surface area contributed by atoms with Crippen LogP contribution in [0.25, 0.3) is 0 Å². The number of rotatable bonds is 8. The maximum absolute atomic E-state index is 13.7. The summed E-state index contributed by atoms with van der Waals surface area (Å²) in [5, 5.41) is 13.0. The average molecular weight is 573 g/mol. The summed E-state index contributed by atoms with van der Waals surface area (Å²) in [6.07, 6.45) is 4.75. The third-order valence-electron chi connectivity index (χ3n) is 7.72. The van der Waals surface area contributed by atoms with Crippen molar-refractivity contribution in [1.29, 1.82) is 0 Å². The molecule has 0 aromatic heterocycles. The zero-order valence-corrected chi connectivity index (χ0v) is 24.2. The van der Waals surface area contributed by atoms with Crippen molar-refractivity contribution < 1.29 is 27.9 Å². The maximum Gasteiger partial charge on any atom is 0.317 e. The largest absolute Gasteiger partial charge is 0.485 e. The molecule has 3 amide bonds. The van der Waals surface area contributed by atoms with Gasteiger partial charge >= 0.3 is 6.03 Å². The number of anilines is 1. The van der Waals surface area contributed by atoms with E-state index in [1.807, 2.05) is 6.92 Å². The Morgan fingerprint density at radius 3 is 2.50 bits per heavy atom. The summed E-state index contributed by atoms with van der Waals surface area (Å²) in [6.45, 7) is 3.96. The van der Waals surface area contributed by atoms with E-state index in [0.717, 1.165) is 25.7 Å². The number of ether oxygens (including phenoxy) is 1. The van der Waals surface area contributed by atoms with E-state index in [9.17, 15) is 23.1 Å². The fourth-order valence-electron chi connectivity index (χ4n) is 5.23. The quantitative estimate of drug-likeness (QED) is 0.443. The molecule has 2 aromatic rings. The van der Waals surface area contributed by atoms with Gasteiger partial charge in [0.25, 0.3) is 15.9 Å². The van der Waals surface area contributed by atoms with E-state index in [4.69, 9.17) is 4.74 Å². The van der Waals surface area contributed by atoms with Crippen molar-refractivity contribution in [2.45, 2.75) is 69.0 Å². The highest BCUT2D eigenvalue weighted by molar-refractivity contribution is 7.92. The molecule has 1 fully saturated rings. The number of sulfonamides is 1. The van der Waals surface area contributed by atoms with E-state index in [1.165, 1.54) is 18.6 Å². The zero-order valence-electron chi connectivity index (χ0n) is 23.4. The van der Waals surface area contributed by atoms with E-state index >= 15 is 0 Å². The molecule has 1 heterocycles. The average Bonchev–Trinajstić information content (AvgIpc) is 2.95. The molecule has 2 aliphatic rings. The number of aliphatic hydroxyl groups is 1. The lowest BCUT2D eigenvalue weighted by Crippen LogP contribution is -2.52. The summed E-state index contributed by atoms with van der Waals surface area (Å²) in [6, 6.07) is 12.2. The second-order valence-electron chi connectivity index (χ2n) is 10.9. The van der Waals surface area contributed by atoms with Crippen LogP contribution < -0.4 is 14.8 Å². The highest BCUT2D eigenvalue weighted by Crippen LogP contribution is 2.36. The van der Waals surface area contributed by atoms with Crippen LogP contribution in [0.15, 0.2) is 53.4 Å². The predicted molar refractivity (Wildman–Crippen MR) is 153 cm³/mol. The Hall–Kier alpha value is -3.31. The topological polar surface area (TPSA) is 128 Å². The van der Waals surface area contributed by atoms with E-state index in [2.05, 4.69) is 10.0 Å². The Bertz CT molecular complexity index is 1280. The Morgan fingerprint density at radius 2 is 1.82 bits per heavy atom. The van der Waals surface area contributed by atoms with Gasteiger partial charge in [-0.15, -0.1) is 0 Å². The minimum atomic E-state index is -3.97. The Labute approximate surface area is 236 Å². The Kier molecular flexibility index (Phi) is 9.57. The molecule has 0 spiro atoms.